The highest BCUT2D eigenvalue weighted by molar-refractivity contribution is 7.17. The molecule has 0 atom stereocenters. The van der Waals surface area contributed by atoms with Crippen molar-refractivity contribution in [3.63, 3.8) is 0 Å². The Morgan fingerprint density at radius 1 is 1.47 bits per heavy atom. The molecule has 2 N–H and O–H groups in total. The van der Waals surface area contributed by atoms with E-state index in [0.29, 0.717) is 21.5 Å². The van der Waals surface area contributed by atoms with Crippen LogP contribution in [0.1, 0.15) is 5.56 Å². The summed E-state index contributed by atoms with van der Waals surface area (Å²) in [5, 5.41) is 0.980. The number of aromatic nitrogens is 1. The van der Waals surface area contributed by atoms with Gasteiger partial charge in [-0.2, -0.15) is 0 Å². The Bertz CT molecular complexity index is 484. The lowest BCUT2D eigenvalue weighted by Gasteiger charge is -2.02. The Balaban J connectivity index is 2.21. The Morgan fingerprint density at radius 3 is 2.87 bits per heavy atom. The van der Waals surface area contributed by atoms with Gasteiger partial charge in [0.2, 0.25) is 0 Å². The molecule has 0 saturated carbocycles. The Hall–Kier alpha value is -1.62. The monoisotopic (exact) mass is 224 g/mol. The average molecular weight is 224 g/mol. The molecule has 3 nitrogen and oxygen atoms in total. The second-order valence-corrected chi connectivity index (χ2v) is 4.07. The van der Waals surface area contributed by atoms with Gasteiger partial charge in [-0.3, -0.25) is 0 Å². The van der Waals surface area contributed by atoms with Crippen LogP contribution in [0.4, 0.5) is 9.39 Å². The summed E-state index contributed by atoms with van der Waals surface area (Å²) in [6.07, 6.45) is 1.50. The average Bonchev–Trinajstić information content (AvgIpc) is 2.58. The smallest absolute Gasteiger partial charge is 0.280 e. The van der Waals surface area contributed by atoms with Gasteiger partial charge in [0, 0.05) is 6.07 Å². The largest absolute Gasteiger partial charge is 0.431 e. The number of rotatable bonds is 2. The van der Waals surface area contributed by atoms with Gasteiger partial charge in [-0.15, -0.1) is 0 Å². The number of thiazole rings is 1. The van der Waals surface area contributed by atoms with Crippen molar-refractivity contribution in [3.05, 3.63) is 35.8 Å². The van der Waals surface area contributed by atoms with E-state index in [1.165, 1.54) is 23.6 Å². The molecular formula is C10H9FN2OS. The number of halogens is 1. The minimum absolute atomic E-state index is 0.294. The molecule has 0 amide bonds. The van der Waals surface area contributed by atoms with Crippen molar-refractivity contribution >= 4 is 16.3 Å². The predicted molar refractivity (Wildman–Crippen MR) is 57.7 cm³/mol. The van der Waals surface area contributed by atoms with E-state index in [0.717, 1.165) is 0 Å². The number of hydrogen-bond donors (Lipinski definition) is 1. The fraction of sp³-hybridized carbons (Fsp3) is 0.100. The molecule has 0 saturated heterocycles. The minimum atomic E-state index is -0.294. The fourth-order valence-electron chi connectivity index (χ4n) is 1.05. The molecule has 2 rings (SSSR count). The summed E-state index contributed by atoms with van der Waals surface area (Å²) in [4.78, 5) is 3.91. The van der Waals surface area contributed by atoms with Gasteiger partial charge in [0.05, 0.1) is 6.20 Å². The minimum Gasteiger partial charge on any atom is -0.431 e. The fourth-order valence-corrected chi connectivity index (χ4v) is 1.61. The highest BCUT2D eigenvalue weighted by Crippen LogP contribution is 2.28. The SMILES string of the molecule is Cc1ccc(Oc2ncc(N)s2)cc1F. The van der Waals surface area contributed by atoms with Gasteiger partial charge < -0.3 is 10.5 Å². The first kappa shape index (κ1) is 9.92. The Labute approximate surface area is 90.3 Å². The first-order valence-electron chi connectivity index (χ1n) is 4.30. The van der Waals surface area contributed by atoms with E-state index >= 15 is 0 Å². The maximum Gasteiger partial charge on any atom is 0.280 e. The van der Waals surface area contributed by atoms with Crippen LogP contribution in [0.2, 0.25) is 0 Å². The molecule has 1 aromatic heterocycles. The number of nitrogen functional groups attached to an aromatic ring is 1. The van der Waals surface area contributed by atoms with E-state index in [2.05, 4.69) is 4.98 Å². The molecule has 0 spiro atoms. The van der Waals surface area contributed by atoms with Crippen molar-refractivity contribution in [2.24, 2.45) is 0 Å². The summed E-state index contributed by atoms with van der Waals surface area (Å²) in [5.74, 6) is 0.129. The number of hydrogen-bond acceptors (Lipinski definition) is 4. The zero-order valence-corrected chi connectivity index (χ0v) is 8.84. The van der Waals surface area contributed by atoms with Crippen molar-refractivity contribution in [2.75, 3.05) is 5.73 Å². The quantitative estimate of drug-likeness (QED) is 0.853. The van der Waals surface area contributed by atoms with Crippen LogP contribution in [0.5, 0.6) is 10.9 Å². The lowest BCUT2D eigenvalue weighted by molar-refractivity contribution is 0.472. The molecule has 0 fully saturated rings. The zero-order chi connectivity index (χ0) is 10.8. The number of anilines is 1. The van der Waals surface area contributed by atoms with Gasteiger partial charge in [-0.1, -0.05) is 17.4 Å². The predicted octanol–water partition coefficient (Wildman–Crippen LogP) is 2.97. The van der Waals surface area contributed by atoms with Crippen molar-refractivity contribution in [3.8, 4) is 10.9 Å². The van der Waals surface area contributed by atoms with E-state index in [-0.39, 0.29) is 5.82 Å². The van der Waals surface area contributed by atoms with Crippen LogP contribution in [0.3, 0.4) is 0 Å². The lowest BCUT2D eigenvalue weighted by Crippen LogP contribution is -1.86. The van der Waals surface area contributed by atoms with Crippen LogP contribution in [-0.4, -0.2) is 4.98 Å². The number of nitrogens with zero attached hydrogens (tertiary/aromatic N) is 1. The zero-order valence-electron chi connectivity index (χ0n) is 8.03. The summed E-state index contributed by atoms with van der Waals surface area (Å²) < 4.78 is 18.5. The second-order valence-electron chi connectivity index (χ2n) is 3.04. The Morgan fingerprint density at radius 2 is 2.27 bits per heavy atom. The van der Waals surface area contributed by atoms with Crippen molar-refractivity contribution in [2.45, 2.75) is 6.92 Å². The van der Waals surface area contributed by atoms with Crippen molar-refractivity contribution in [1.82, 2.24) is 4.98 Å². The third kappa shape index (κ3) is 2.24. The third-order valence-corrected chi connectivity index (χ3v) is 2.56. The molecular weight excluding hydrogens is 215 g/mol. The van der Waals surface area contributed by atoms with Gasteiger partial charge >= 0.3 is 0 Å². The second kappa shape index (κ2) is 3.86. The molecule has 0 unspecified atom stereocenters. The summed E-state index contributed by atoms with van der Waals surface area (Å²) in [6, 6.07) is 4.67. The molecule has 0 aliphatic carbocycles. The molecule has 2 aromatic rings. The molecule has 0 aliphatic rings. The lowest BCUT2D eigenvalue weighted by atomic mass is 10.2. The molecule has 15 heavy (non-hydrogen) atoms. The Kier molecular flexibility index (Phi) is 2.55. The number of nitrogens with two attached hydrogens (primary N) is 1. The highest BCUT2D eigenvalue weighted by Gasteiger charge is 2.04. The molecule has 1 heterocycles. The van der Waals surface area contributed by atoms with Crippen LogP contribution in [0.25, 0.3) is 0 Å². The number of aryl methyl sites for hydroxylation is 1. The summed E-state index contributed by atoms with van der Waals surface area (Å²) >= 11 is 1.21. The molecule has 0 radical (unpaired) electrons. The van der Waals surface area contributed by atoms with Crippen LogP contribution in [0, 0.1) is 12.7 Å². The first-order chi connectivity index (χ1) is 7.15. The van der Waals surface area contributed by atoms with Gasteiger partial charge in [0.15, 0.2) is 0 Å². The van der Waals surface area contributed by atoms with Gasteiger partial charge in [0.1, 0.15) is 16.6 Å². The van der Waals surface area contributed by atoms with E-state index in [1.54, 1.807) is 19.1 Å². The van der Waals surface area contributed by atoms with Gasteiger partial charge in [-0.05, 0) is 18.6 Å². The van der Waals surface area contributed by atoms with Gasteiger partial charge in [-0.25, -0.2) is 9.37 Å². The first-order valence-corrected chi connectivity index (χ1v) is 5.12. The van der Waals surface area contributed by atoms with Crippen LogP contribution in [0.15, 0.2) is 24.4 Å². The van der Waals surface area contributed by atoms with Crippen LogP contribution >= 0.6 is 11.3 Å². The van der Waals surface area contributed by atoms with Gasteiger partial charge in [0.25, 0.3) is 5.19 Å². The van der Waals surface area contributed by atoms with E-state index in [1.807, 2.05) is 0 Å². The molecule has 5 heteroatoms. The highest BCUT2D eigenvalue weighted by atomic mass is 32.1. The van der Waals surface area contributed by atoms with Crippen molar-refractivity contribution in [1.29, 1.82) is 0 Å². The molecule has 0 aliphatic heterocycles. The molecule has 78 valence electrons. The number of ether oxygens (including phenoxy) is 1. The summed E-state index contributed by atoms with van der Waals surface area (Å²) in [7, 11) is 0. The maximum atomic E-state index is 13.2. The van der Waals surface area contributed by atoms with E-state index < -0.39 is 0 Å². The number of benzene rings is 1. The topological polar surface area (TPSA) is 48.1 Å². The van der Waals surface area contributed by atoms with Crippen LogP contribution in [-0.2, 0) is 0 Å². The summed E-state index contributed by atoms with van der Waals surface area (Å²) in [5.41, 5.74) is 6.07. The van der Waals surface area contributed by atoms with E-state index in [4.69, 9.17) is 10.5 Å². The maximum absolute atomic E-state index is 13.2. The van der Waals surface area contributed by atoms with Crippen LogP contribution < -0.4 is 10.5 Å². The standard InChI is InChI=1S/C10H9FN2OS/c1-6-2-3-7(4-8(6)11)14-10-13-5-9(12)15-10/h2-5H,12H2,1H3. The third-order valence-electron chi connectivity index (χ3n) is 1.85. The normalized spacial score (nSPS) is 10.3. The molecule has 1 aromatic carbocycles. The van der Waals surface area contributed by atoms with E-state index in [9.17, 15) is 4.39 Å². The molecule has 0 bridgehead atoms. The summed E-state index contributed by atoms with van der Waals surface area (Å²) in [6.45, 7) is 1.69. The van der Waals surface area contributed by atoms with Crippen molar-refractivity contribution < 1.29 is 9.13 Å².